The molecule has 0 aromatic carbocycles. The molecule has 2 N–H and O–H groups in total. The van der Waals surface area contributed by atoms with Gasteiger partial charge in [0.2, 0.25) is 0 Å². The zero-order valence-corrected chi connectivity index (χ0v) is 11.9. The summed E-state index contributed by atoms with van der Waals surface area (Å²) >= 11 is 0. The van der Waals surface area contributed by atoms with Crippen molar-refractivity contribution in [1.29, 1.82) is 0 Å². The van der Waals surface area contributed by atoms with Gasteiger partial charge in [-0.25, -0.2) is 9.78 Å². The van der Waals surface area contributed by atoms with Crippen molar-refractivity contribution in [2.45, 2.75) is 33.2 Å². The Labute approximate surface area is 113 Å². The Balaban J connectivity index is 2.34. The van der Waals surface area contributed by atoms with E-state index in [2.05, 4.69) is 29.0 Å². The molecule has 5 nitrogen and oxygen atoms in total. The highest BCUT2D eigenvalue weighted by Gasteiger charge is 2.27. The standard InChI is InChI=1S/C14H21N3O2/c1-9-7-11(16-10(2)12(9)13(18)19)17-6-5-15-14(3,4)8-17/h7,15H,5-6,8H2,1-4H3,(H,18,19). The molecule has 1 fully saturated rings. The summed E-state index contributed by atoms with van der Waals surface area (Å²) in [4.78, 5) is 17.8. The minimum absolute atomic E-state index is 0.0488. The van der Waals surface area contributed by atoms with E-state index < -0.39 is 5.97 Å². The number of hydrogen-bond donors (Lipinski definition) is 2. The molecule has 0 radical (unpaired) electrons. The third kappa shape index (κ3) is 2.87. The van der Waals surface area contributed by atoms with Gasteiger partial charge in [-0.05, 0) is 39.3 Å². The first-order chi connectivity index (χ1) is 8.80. The molecule has 1 aliphatic heterocycles. The van der Waals surface area contributed by atoms with Crippen molar-refractivity contribution in [2.75, 3.05) is 24.5 Å². The summed E-state index contributed by atoms with van der Waals surface area (Å²) in [6.07, 6.45) is 0. The molecular weight excluding hydrogens is 242 g/mol. The lowest BCUT2D eigenvalue weighted by Gasteiger charge is -2.40. The van der Waals surface area contributed by atoms with Crippen molar-refractivity contribution in [3.05, 3.63) is 22.9 Å². The maximum atomic E-state index is 11.2. The maximum absolute atomic E-state index is 11.2. The third-order valence-electron chi connectivity index (χ3n) is 3.49. The van der Waals surface area contributed by atoms with Crippen molar-refractivity contribution in [2.24, 2.45) is 0 Å². The molecule has 0 unspecified atom stereocenters. The summed E-state index contributed by atoms with van der Waals surface area (Å²) in [5.74, 6) is -0.0377. The monoisotopic (exact) mass is 263 g/mol. The molecule has 1 aromatic rings. The number of nitrogens with one attached hydrogen (secondary N) is 1. The SMILES string of the molecule is Cc1cc(N2CCNC(C)(C)C2)nc(C)c1C(=O)O. The third-order valence-corrected chi connectivity index (χ3v) is 3.49. The molecule has 1 aliphatic rings. The average Bonchev–Trinajstić information content (AvgIpc) is 2.25. The average molecular weight is 263 g/mol. The van der Waals surface area contributed by atoms with E-state index in [0.717, 1.165) is 31.0 Å². The van der Waals surface area contributed by atoms with Crippen LogP contribution >= 0.6 is 0 Å². The van der Waals surface area contributed by atoms with E-state index in [1.54, 1.807) is 6.92 Å². The first-order valence-electron chi connectivity index (χ1n) is 6.52. The summed E-state index contributed by atoms with van der Waals surface area (Å²) in [5.41, 5.74) is 1.72. The molecule has 0 spiro atoms. The van der Waals surface area contributed by atoms with Crippen LogP contribution in [-0.4, -0.2) is 41.2 Å². The molecule has 1 aromatic heterocycles. The van der Waals surface area contributed by atoms with Gasteiger partial charge in [0.25, 0.3) is 0 Å². The minimum Gasteiger partial charge on any atom is -0.478 e. The van der Waals surface area contributed by atoms with Gasteiger partial charge < -0.3 is 15.3 Å². The summed E-state index contributed by atoms with van der Waals surface area (Å²) in [6.45, 7) is 10.6. The zero-order valence-electron chi connectivity index (χ0n) is 11.9. The number of aromatic carboxylic acids is 1. The van der Waals surface area contributed by atoms with Gasteiger partial charge >= 0.3 is 5.97 Å². The number of carboxylic acids is 1. The van der Waals surface area contributed by atoms with Crippen LogP contribution in [-0.2, 0) is 0 Å². The Kier molecular flexibility index (Phi) is 3.49. The van der Waals surface area contributed by atoms with Gasteiger partial charge in [-0.3, -0.25) is 0 Å². The largest absolute Gasteiger partial charge is 0.478 e. The van der Waals surface area contributed by atoms with Crippen LogP contribution < -0.4 is 10.2 Å². The van der Waals surface area contributed by atoms with Gasteiger partial charge in [-0.15, -0.1) is 0 Å². The molecule has 5 heteroatoms. The zero-order chi connectivity index (χ0) is 14.2. The fourth-order valence-electron chi connectivity index (χ4n) is 2.63. The van der Waals surface area contributed by atoms with Crippen LogP contribution in [0.25, 0.3) is 0 Å². The van der Waals surface area contributed by atoms with Crippen LogP contribution in [0.4, 0.5) is 5.82 Å². The molecule has 1 saturated heterocycles. The van der Waals surface area contributed by atoms with Gasteiger partial charge in [-0.2, -0.15) is 0 Å². The van der Waals surface area contributed by atoms with Crippen LogP contribution in [0, 0.1) is 13.8 Å². The Morgan fingerprint density at radius 2 is 2.16 bits per heavy atom. The minimum atomic E-state index is -0.908. The Bertz CT molecular complexity index is 488. The number of hydrogen-bond acceptors (Lipinski definition) is 4. The molecule has 0 bridgehead atoms. The van der Waals surface area contributed by atoms with Crippen molar-refractivity contribution in [3.8, 4) is 0 Å². The molecule has 0 atom stereocenters. The van der Waals surface area contributed by atoms with E-state index in [1.807, 2.05) is 13.0 Å². The van der Waals surface area contributed by atoms with Gasteiger partial charge in [0.15, 0.2) is 0 Å². The molecule has 0 aliphatic carbocycles. The topological polar surface area (TPSA) is 65.5 Å². The number of aryl methyl sites for hydroxylation is 2. The van der Waals surface area contributed by atoms with E-state index in [4.69, 9.17) is 5.11 Å². The second-order valence-corrected chi connectivity index (χ2v) is 5.80. The Morgan fingerprint density at radius 1 is 1.47 bits per heavy atom. The summed E-state index contributed by atoms with van der Waals surface area (Å²) in [5, 5.41) is 12.6. The van der Waals surface area contributed by atoms with E-state index in [-0.39, 0.29) is 5.54 Å². The van der Waals surface area contributed by atoms with E-state index in [0.29, 0.717) is 11.3 Å². The van der Waals surface area contributed by atoms with Crippen molar-refractivity contribution in [3.63, 3.8) is 0 Å². The van der Waals surface area contributed by atoms with Crippen molar-refractivity contribution < 1.29 is 9.90 Å². The van der Waals surface area contributed by atoms with E-state index >= 15 is 0 Å². The van der Waals surface area contributed by atoms with Crippen LogP contribution in [0.5, 0.6) is 0 Å². The smallest absolute Gasteiger partial charge is 0.337 e. The number of carboxylic acid groups (broad SMARTS) is 1. The fraction of sp³-hybridized carbons (Fsp3) is 0.571. The predicted molar refractivity (Wildman–Crippen MR) is 75.0 cm³/mol. The van der Waals surface area contributed by atoms with Crippen molar-refractivity contribution >= 4 is 11.8 Å². The number of aromatic nitrogens is 1. The molecule has 19 heavy (non-hydrogen) atoms. The van der Waals surface area contributed by atoms with Crippen molar-refractivity contribution in [1.82, 2.24) is 10.3 Å². The van der Waals surface area contributed by atoms with Crippen LogP contribution in [0.2, 0.25) is 0 Å². The molecule has 0 saturated carbocycles. The quantitative estimate of drug-likeness (QED) is 0.848. The number of carbonyl (C=O) groups is 1. The summed E-state index contributed by atoms with van der Waals surface area (Å²) < 4.78 is 0. The molecule has 2 heterocycles. The molecule has 0 amide bonds. The molecule has 104 valence electrons. The normalized spacial score (nSPS) is 18.4. The predicted octanol–water partition coefficient (Wildman–Crippen LogP) is 1.58. The van der Waals surface area contributed by atoms with Gasteiger partial charge in [0.1, 0.15) is 5.82 Å². The molecular formula is C14H21N3O2. The van der Waals surface area contributed by atoms with Crippen LogP contribution in [0.15, 0.2) is 6.07 Å². The van der Waals surface area contributed by atoms with Gasteiger partial charge in [-0.1, -0.05) is 0 Å². The number of piperazine rings is 1. The number of anilines is 1. The number of rotatable bonds is 2. The van der Waals surface area contributed by atoms with Crippen LogP contribution in [0.3, 0.4) is 0 Å². The summed E-state index contributed by atoms with van der Waals surface area (Å²) in [7, 11) is 0. The summed E-state index contributed by atoms with van der Waals surface area (Å²) in [6, 6.07) is 1.87. The lowest BCUT2D eigenvalue weighted by Crippen LogP contribution is -2.57. The highest BCUT2D eigenvalue weighted by atomic mass is 16.4. The Hall–Kier alpha value is -1.62. The van der Waals surface area contributed by atoms with E-state index in [9.17, 15) is 4.79 Å². The van der Waals surface area contributed by atoms with E-state index in [1.165, 1.54) is 0 Å². The number of nitrogens with zero attached hydrogens (tertiary/aromatic N) is 2. The highest BCUT2D eigenvalue weighted by molar-refractivity contribution is 5.90. The first kappa shape index (κ1) is 13.8. The van der Waals surface area contributed by atoms with Crippen LogP contribution in [0.1, 0.15) is 35.5 Å². The van der Waals surface area contributed by atoms with Gasteiger partial charge in [0.05, 0.1) is 11.3 Å². The van der Waals surface area contributed by atoms with Gasteiger partial charge in [0, 0.05) is 25.2 Å². The maximum Gasteiger partial charge on any atom is 0.337 e. The lowest BCUT2D eigenvalue weighted by atomic mass is 10.0. The second-order valence-electron chi connectivity index (χ2n) is 5.80. The fourth-order valence-corrected chi connectivity index (χ4v) is 2.63. The number of pyridine rings is 1. The first-order valence-corrected chi connectivity index (χ1v) is 6.52. The molecule has 2 rings (SSSR count). The lowest BCUT2D eigenvalue weighted by molar-refractivity contribution is 0.0695. The Morgan fingerprint density at radius 3 is 2.68 bits per heavy atom. The highest BCUT2D eigenvalue weighted by Crippen LogP contribution is 2.22. The second kappa shape index (κ2) is 4.81.